The maximum absolute atomic E-state index is 5.85. The van der Waals surface area contributed by atoms with Crippen LogP contribution in [0, 0.1) is 0 Å². The third kappa shape index (κ3) is 2.90. The Bertz CT molecular complexity index is 348. The van der Waals surface area contributed by atoms with Crippen LogP contribution < -0.4 is 0 Å². The normalized spacial score (nSPS) is 29.8. The molecule has 0 aromatic carbocycles. The van der Waals surface area contributed by atoms with Gasteiger partial charge in [-0.25, -0.2) is 4.98 Å². The molecule has 0 unspecified atom stereocenters. The average Bonchev–Trinajstić information content (AvgIpc) is 3.04. The molecule has 0 bridgehead atoms. The minimum Gasteiger partial charge on any atom is -0.377 e. The molecule has 100 valence electrons. The Morgan fingerprint density at radius 2 is 2.17 bits per heavy atom. The van der Waals surface area contributed by atoms with Crippen molar-refractivity contribution in [2.75, 3.05) is 19.7 Å². The van der Waals surface area contributed by atoms with Crippen LogP contribution in [0.2, 0.25) is 0 Å². The second-order valence-corrected chi connectivity index (χ2v) is 5.40. The number of ether oxygens (including phenoxy) is 1. The van der Waals surface area contributed by atoms with E-state index in [1.165, 1.54) is 38.6 Å². The Balaban J connectivity index is 1.53. The van der Waals surface area contributed by atoms with Crippen molar-refractivity contribution in [1.82, 2.24) is 19.7 Å². The fourth-order valence-corrected chi connectivity index (χ4v) is 3.10. The largest absolute Gasteiger partial charge is 0.377 e. The first-order chi connectivity index (χ1) is 8.92. The molecule has 2 aliphatic heterocycles. The summed E-state index contributed by atoms with van der Waals surface area (Å²) in [4.78, 5) is 6.59. The number of hydrogen-bond acceptors (Lipinski definition) is 4. The minimum atomic E-state index is 0.454. The van der Waals surface area contributed by atoms with Crippen molar-refractivity contribution in [3.8, 4) is 0 Å². The van der Waals surface area contributed by atoms with E-state index in [-0.39, 0.29) is 0 Å². The zero-order valence-electron chi connectivity index (χ0n) is 10.9. The van der Waals surface area contributed by atoms with Crippen LogP contribution in [0.3, 0.4) is 0 Å². The van der Waals surface area contributed by atoms with Gasteiger partial charge in [0.1, 0.15) is 12.7 Å². The van der Waals surface area contributed by atoms with Crippen LogP contribution in [-0.2, 0) is 11.3 Å². The van der Waals surface area contributed by atoms with E-state index >= 15 is 0 Å². The summed E-state index contributed by atoms with van der Waals surface area (Å²) in [5.41, 5.74) is 0. The van der Waals surface area contributed by atoms with Gasteiger partial charge in [0.2, 0.25) is 0 Å². The quantitative estimate of drug-likeness (QED) is 0.808. The van der Waals surface area contributed by atoms with Crippen molar-refractivity contribution in [3.05, 3.63) is 12.7 Å². The summed E-state index contributed by atoms with van der Waals surface area (Å²) in [6.07, 6.45) is 10.2. The average molecular weight is 250 g/mol. The highest BCUT2D eigenvalue weighted by molar-refractivity contribution is 4.82. The van der Waals surface area contributed by atoms with E-state index < -0.39 is 0 Å². The van der Waals surface area contributed by atoms with Crippen molar-refractivity contribution < 1.29 is 4.74 Å². The lowest BCUT2D eigenvalue weighted by Crippen LogP contribution is -2.40. The second kappa shape index (κ2) is 5.80. The SMILES string of the molecule is c1ncn(C[C@@H]2CCCN2C[C@@H]2CCCCO2)n1. The van der Waals surface area contributed by atoms with Crippen molar-refractivity contribution in [3.63, 3.8) is 0 Å². The fourth-order valence-electron chi connectivity index (χ4n) is 3.10. The maximum atomic E-state index is 5.85. The molecule has 3 rings (SSSR count). The first kappa shape index (κ1) is 12.1. The molecule has 1 aromatic rings. The smallest absolute Gasteiger partial charge is 0.137 e. The minimum absolute atomic E-state index is 0.454. The molecule has 2 atom stereocenters. The predicted octanol–water partition coefficient (Wildman–Crippen LogP) is 1.31. The Labute approximate surface area is 108 Å². The first-order valence-electron chi connectivity index (χ1n) is 7.10. The van der Waals surface area contributed by atoms with Gasteiger partial charge >= 0.3 is 0 Å². The van der Waals surface area contributed by atoms with Gasteiger partial charge in [0.15, 0.2) is 0 Å². The standard InChI is InChI=1S/C13H22N4O/c1-2-7-18-13(5-1)9-16-6-3-4-12(16)8-17-11-14-10-15-17/h10-13H,1-9H2/t12-,13-/m0/s1. The van der Waals surface area contributed by atoms with Gasteiger partial charge in [0.05, 0.1) is 12.6 Å². The van der Waals surface area contributed by atoms with Crippen LogP contribution in [0.1, 0.15) is 32.1 Å². The van der Waals surface area contributed by atoms with Crippen molar-refractivity contribution >= 4 is 0 Å². The highest BCUT2D eigenvalue weighted by Crippen LogP contribution is 2.22. The summed E-state index contributed by atoms with van der Waals surface area (Å²) in [6, 6.07) is 0.609. The van der Waals surface area contributed by atoms with Gasteiger partial charge in [-0.15, -0.1) is 0 Å². The van der Waals surface area contributed by atoms with Crippen LogP contribution in [0.15, 0.2) is 12.7 Å². The van der Waals surface area contributed by atoms with E-state index in [0.29, 0.717) is 12.1 Å². The fraction of sp³-hybridized carbons (Fsp3) is 0.846. The maximum Gasteiger partial charge on any atom is 0.137 e. The lowest BCUT2D eigenvalue weighted by molar-refractivity contribution is -0.00911. The molecule has 3 heterocycles. The third-order valence-electron chi connectivity index (χ3n) is 4.08. The topological polar surface area (TPSA) is 43.2 Å². The van der Waals surface area contributed by atoms with E-state index in [2.05, 4.69) is 15.0 Å². The molecule has 0 radical (unpaired) electrons. The Hall–Kier alpha value is -0.940. The molecule has 1 aromatic heterocycles. The Morgan fingerprint density at radius 3 is 2.94 bits per heavy atom. The van der Waals surface area contributed by atoms with Crippen molar-refractivity contribution in [2.24, 2.45) is 0 Å². The van der Waals surface area contributed by atoms with Crippen molar-refractivity contribution in [1.29, 1.82) is 0 Å². The highest BCUT2D eigenvalue weighted by Gasteiger charge is 2.28. The van der Waals surface area contributed by atoms with Gasteiger partial charge in [-0.2, -0.15) is 5.10 Å². The lowest BCUT2D eigenvalue weighted by atomic mass is 10.1. The molecular formula is C13H22N4O. The molecule has 0 aliphatic carbocycles. The zero-order valence-corrected chi connectivity index (χ0v) is 10.9. The predicted molar refractivity (Wildman–Crippen MR) is 68.2 cm³/mol. The molecule has 5 heteroatoms. The van der Waals surface area contributed by atoms with E-state index in [0.717, 1.165) is 19.7 Å². The summed E-state index contributed by atoms with van der Waals surface area (Å²) in [5.74, 6) is 0. The number of rotatable bonds is 4. The van der Waals surface area contributed by atoms with Gasteiger partial charge in [0.25, 0.3) is 0 Å². The molecule has 0 N–H and O–H groups in total. The van der Waals surface area contributed by atoms with Gasteiger partial charge in [-0.3, -0.25) is 9.58 Å². The second-order valence-electron chi connectivity index (χ2n) is 5.40. The van der Waals surface area contributed by atoms with Crippen LogP contribution in [-0.4, -0.2) is 51.5 Å². The van der Waals surface area contributed by atoms with Crippen LogP contribution in [0.5, 0.6) is 0 Å². The van der Waals surface area contributed by atoms with E-state index in [9.17, 15) is 0 Å². The third-order valence-corrected chi connectivity index (χ3v) is 4.08. The number of likely N-dealkylation sites (tertiary alicyclic amines) is 1. The summed E-state index contributed by atoms with van der Waals surface area (Å²) >= 11 is 0. The summed E-state index contributed by atoms with van der Waals surface area (Å²) in [5, 5.41) is 4.21. The zero-order chi connectivity index (χ0) is 12.2. The lowest BCUT2D eigenvalue weighted by Gasteiger charge is -2.30. The number of nitrogens with zero attached hydrogens (tertiary/aromatic N) is 4. The van der Waals surface area contributed by atoms with Crippen molar-refractivity contribution in [2.45, 2.75) is 50.8 Å². The molecule has 2 saturated heterocycles. The van der Waals surface area contributed by atoms with Gasteiger partial charge in [0, 0.05) is 19.2 Å². The summed E-state index contributed by atoms with van der Waals surface area (Å²) in [7, 11) is 0. The van der Waals surface area contributed by atoms with Crippen LogP contribution >= 0.6 is 0 Å². The number of hydrogen-bond donors (Lipinski definition) is 0. The van der Waals surface area contributed by atoms with Gasteiger partial charge in [-0.1, -0.05) is 0 Å². The molecule has 2 fully saturated rings. The molecular weight excluding hydrogens is 228 g/mol. The van der Waals surface area contributed by atoms with Gasteiger partial charge in [-0.05, 0) is 38.6 Å². The van der Waals surface area contributed by atoms with E-state index in [1.807, 2.05) is 11.0 Å². The molecule has 18 heavy (non-hydrogen) atoms. The summed E-state index contributed by atoms with van der Waals surface area (Å²) in [6.45, 7) is 4.22. The molecule has 0 spiro atoms. The molecule has 5 nitrogen and oxygen atoms in total. The van der Waals surface area contributed by atoms with Crippen LogP contribution in [0.25, 0.3) is 0 Å². The molecule has 0 saturated carbocycles. The molecule has 0 amide bonds. The van der Waals surface area contributed by atoms with E-state index in [4.69, 9.17) is 4.74 Å². The van der Waals surface area contributed by atoms with E-state index in [1.54, 1.807) is 6.33 Å². The highest BCUT2D eigenvalue weighted by atomic mass is 16.5. The monoisotopic (exact) mass is 250 g/mol. The first-order valence-corrected chi connectivity index (χ1v) is 7.10. The van der Waals surface area contributed by atoms with Gasteiger partial charge < -0.3 is 4.74 Å². The number of aromatic nitrogens is 3. The Morgan fingerprint density at radius 1 is 1.17 bits per heavy atom. The Kier molecular flexibility index (Phi) is 3.90. The molecule has 2 aliphatic rings. The van der Waals surface area contributed by atoms with Crippen LogP contribution in [0.4, 0.5) is 0 Å². The summed E-state index contributed by atoms with van der Waals surface area (Å²) < 4.78 is 7.80.